The van der Waals surface area contributed by atoms with Crippen LogP contribution < -0.4 is 5.32 Å². The molecule has 0 aromatic heterocycles. The van der Waals surface area contributed by atoms with Crippen LogP contribution in [0.2, 0.25) is 0 Å². The van der Waals surface area contributed by atoms with Crippen LogP contribution in [0, 0.1) is 0 Å². The summed E-state index contributed by atoms with van der Waals surface area (Å²) in [6, 6.07) is 28.4. The van der Waals surface area contributed by atoms with Crippen molar-refractivity contribution in [1.82, 2.24) is 10.2 Å². The smallest absolute Gasteiger partial charge is 0.252 e. The van der Waals surface area contributed by atoms with Crippen molar-refractivity contribution >= 4 is 23.6 Å². The lowest BCUT2D eigenvalue weighted by Crippen LogP contribution is -2.29. The molecule has 0 spiro atoms. The molecule has 1 heterocycles. The summed E-state index contributed by atoms with van der Waals surface area (Å²) in [7, 11) is 0. The van der Waals surface area contributed by atoms with Gasteiger partial charge in [-0.3, -0.25) is 9.59 Å². The number of hydrogen-bond donors (Lipinski definition) is 1. The van der Waals surface area contributed by atoms with E-state index in [-0.39, 0.29) is 17.7 Å². The molecule has 1 aliphatic rings. The molecule has 1 fully saturated rings. The van der Waals surface area contributed by atoms with E-state index in [1.165, 1.54) is 22.9 Å². The van der Waals surface area contributed by atoms with Gasteiger partial charge < -0.3 is 10.2 Å². The summed E-state index contributed by atoms with van der Waals surface area (Å²) < 4.78 is 0. The normalized spacial score (nSPS) is 13.3. The highest BCUT2D eigenvalue weighted by atomic mass is 32.2. The molecule has 4 nitrogen and oxygen atoms in total. The van der Waals surface area contributed by atoms with Crippen LogP contribution in [-0.2, 0) is 4.79 Å². The standard InChI is InChI=1S/C28H30N2O2S/c31-27(30-19-9-10-20-30)21-33-26-16-8-7-15-25(26)28(32)29-18-17-24(22-11-3-1-4-12-22)23-13-5-2-6-14-23/h1-8,11-16,24H,9-10,17-21H2,(H,29,32). The highest BCUT2D eigenvalue weighted by molar-refractivity contribution is 8.00. The number of thioether (sulfide) groups is 1. The van der Waals surface area contributed by atoms with Gasteiger partial charge in [0.05, 0.1) is 11.3 Å². The van der Waals surface area contributed by atoms with Gasteiger partial charge >= 0.3 is 0 Å². The Morgan fingerprint density at radius 1 is 0.818 bits per heavy atom. The number of amides is 2. The molecule has 0 saturated carbocycles. The van der Waals surface area contributed by atoms with Crippen molar-refractivity contribution in [3.8, 4) is 0 Å². The molecular formula is C28H30N2O2S. The molecule has 0 atom stereocenters. The number of benzene rings is 3. The number of carbonyl (C=O) groups is 2. The molecule has 2 amide bonds. The summed E-state index contributed by atoms with van der Waals surface area (Å²) in [6.45, 7) is 2.27. The summed E-state index contributed by atoms with van der Waals surface area (Å²) in [5.74, 6) is 0.650. The van der Waals surface area contributed by atoms with Gasteiger partial charge in [0.1, 0.15) is 0 Å². The third-order valence-electron chi connectivity index (χ3n) is 6.06. The summed E-state index contributed by atoms with van der Waals surface area (Å²) in [5.41, 5.74) is 3.12. The predicted molar refractivity (Wildman–Crippen MR) is 135 cm³/mol. The minimum atomic E-state index is -0.0911. The first-order valence-electron chi connectivity index (χ1n) is 11.6. The van der Waals surface area contributed by atoms with E-state index in [4.69, 9.17) is 0 Å². The zero-order chi connectivity index (χ0) is 22.9. The molecule has 170 valence electrons. The van der Waals surface area contributed by atoms with Crippen LogP contribution in [0.15, 0.2) is 89.8 Å². The van der Waals surface area contributed by atoms with Crippen LogP contribution in [0.3, 0.4) is 0 Å². The first kappa shape index (κ1) is 23.1. The zero-order valence-corrected chi connectivity index (χ0v) is 19.6. The van der Waals surface area contributed by atoms with Gasteiger partial charge in [0.25, 0.3) is 5.91 Å². The second-order valence-electron chi connectivity index (χ2n) is 8.29. The van der Waals surface area contributed by atoms with Gasteiger partial charge in [0.15, 0.2) is 0 Å². The van der Waals surface area contributed by atoms with Crippen molar-refractivity contribution in [3.63, 3.8) is 0 Å². The Kier molecular flexibility index (Phi) is 8.20. The van der Waals surface area contributed by atoms with Gasteiger partial charge in [-0.05, 0) is 42.5 Å². The average molecular weight is 459 g/mol. The van der Waals surface area contributed by atoms with Gasteiger partial charge in [0, 0.05) is 30.4 Å². The highest BCUT2D eigenvalue weighted by Crippen LogP contribution is 2.28. The van der Waals surface area contributed by atoms with Crippen LogP contribution >= 0.6 is 11.8 Å². The summed E-state index contributed by atoms with van der Waals surface area (Å²) in [4.78, 5) is 28.2. The maximum Gasteiger partial charge on any atom is 0.252 e. The predicted octanol–water partition coefficient (Wildman–Crippen LogP) is 5.35. The number of nitrogens with one attached hydrogen (secondary N) is 1. The van der Waals surface area contributed by atoms with Gasteiger partial charge in [-0.25, -0.2) is 0 Å². The fraction of sp³-hybridized carbons (Fsp3) is 0.286. The molecule has 4 rings (SSSR count). The third kappa shape index (κ3) is 6.26. The number of hydrogen-bond acceptors (Lipinski definition) is 3. The molecule has 0 bridgehead atoms. The lowest BCUT2D eigenvalue weighted by molar-refractivity contribution is -0.127. The SMILES string of the molecule is O=C(NCCC(c1ccccc1)c1ccccc1)c1ccccc1SCC(=O)N1CCCC1. The average Bonchev–Trinajstić information content (AvgIpc) is 3.42. The van der Waals surface area contributed by atoms with E-state index in [2.05, 4.69) is 53.8 Å². The lowest BCUT2D eigenvalue weighted by Gasteiger charge is -2.19. The molecule has 33 heavy (non-hydrogen) atoms. The van der Waals surface area contributed by atoms with Crippen LogP contribution in [-0.4, -0.2) is 42.1 Å². The summed E-state index contributed by atoms with van der Waals surface area (Å²) in [6.07, 6.45) is 2.98. The van der Waals surface area contributed by atoms with Gasteiger partial charge in [-0.1, -0.05) is 72.8 Å². The summed E-state index contributed by atoms with van der Waals surface area (Å²) in [5, 5.41) is 3.10. The monoisotopic (exact) mass is 458 g/mol. The first-order valence-corrected chi connectivity index (χ1v) is 12.6. The van der Waals surface area contributed by atoms with Gasteiger partial charge in [-0.2, -0.15) is 0 Å². The fourth-order valence-electron chi connectivity index (χ4n) is 4.30. The Hall–Kier alpha value is -3.05. The molecule has 0 unspecified atom stereocenters. The molecule has 3 aromatic carbocycles. The second kappa shape index (κ2) is 11.7. The van der Waals surface area contributed by atoms with Crippen molar-refractivity contribution in [2.45, 2.75) is 30.1 Å². The third-order valence-corrected chi connectivity index (χ3v) is 7.12. The van der Waals surface area contributed by atoms with Crippen molar-refractivity contribution in [2.24, 2.45) is 0 Å². The molecule has 1 N–H and O–H groups in total. The largest absolute Gasteiger partial charge is 0.352 e. The molecule has 0 radical (unpaired) electrons. The fourth-order valence-corrected chi connectivity index (χ4v) is 5.25. The summed E-state index contributed by atoms with van der Waals surface area (Å²) >= 11 is 1.45. The van der Waals surface area contributed by atoms with E-state index in [0.717, 1.165) is 37.2 Å². The van der Waals surface area contributed by atoms with Crippen LogP contribution in [0.25, 0.3) is 0 Å². The second-order valence-corrected chi connectivity index (χ2v) is 9.31. The van der Waals surface area contributed by atoms with Crippen LogP contribution in [0.5, 0.6) is 0 Å². The van der Waals surface area contributed by atoms with Crippen LogP contribution in [0.4, 0.5) is 0 Å². The Labute approximate surface area is 200 Å². The van der Waals surface area contributed by atoms with E-state index in [1.54, 1.807) is 0 Å². The van der Waals surface area contributed by atoms with E-state index < -0.39 is 0 Å². The van der Waals surface area contributed by atoms with Crippen molar-refractivity contribution in [1.29, 1.82) is 0 Å². The Morgan fingerprint density at radius 3 is 2.03 bits per heavy atom. The number of rotatable bonds is 9. The highest BCUT2D eigenvalue weighted by Gasteiger charge is 2.20. The Morgan fingerprint density at radius 2 is 1.39 bits per heavy atom. The lowest BCUT2D eigenvalue weighted by atomic mass is 9.88. The Balaban J connectivity index is 1.37. The quantitative estimate of drug-likeness (QED) is 0.440. The van der Waals surface area contributed by atoms with Crippen LogP contribution in [0.1, 0.15) is 46.7 Å². The molecule has 1 saturated heterocycles. The zero-order valence-electron chi connectivity index (χ0n) is 18.8. The van der Waals surface area contributed by atoms with E-state index in [1.807, 2.05) is 41.3 Å². The maximum atomic E-state index is 13.0. The van der Waals surface area contributed by atoms with Crippen molar-refractivity contribution in [2.75, 3.05) is 25.4 Å². The number of likely N-dealkylation sites (tertiary alicyclic amines) is 1. The van der Waals surface area contributed by atoms with E-state index >= 15 is 0 Å². The molecular weight excluding hydrogens is 428 g/mol. The van der Waals surface area contributed by atoms with E-state index in [9.17, 15) is 9.59 Å². The minimum Gasteiger partial charge on any atom is -0.352 e. The van der Waals surface area contributed by atoms with Gasteiger partial charge in [0.2, 0.25) is 5.91 Å². The van der Waals surface area contributed by atoms with Gasteiger partial charge in [-0.15, -0.1) is 11.8 Å². The number of carbonyl (C=O) groups excluding carboxylic acids is 2. The molecule has 3 aromatic rings. The van der Waals surface area contributed by atoms with E-state index in [0.29, 0.717) is 17.9 Å². The first-order chi connectivity index (χ1) is 16.2. The van der Waals surface area contributed by atoms with Crippen molar-refractivity contribution < 1.29 is 9.59 Å². The molecule has 0 aliphatic carbocycles. The minimum absolute atomic E-state index is 0.0911. The molecule has 5 heteroatoms. The Bertz CT molecular complexity index is 1010. The number of nitrogens with zero attached hydrogens (tertiary/aromatic N) is 1. The van der Waals surface area contributed by atoms with Crippen molar-refractivity contribution in [3.05, 3.63) is 102 Å². The molecule has 1 aliphatic heterocycles. The maximum absolute atomic E-state index is 13.0. The topological polar surface area (TPSA) is 49.4 Å².